The summed E-state index contributed by atoms with van der Waals surface area (Å²) in [5.74, 6) is 0.701. The van der Waals surface area contributed by atoms with Gasteiger partial charge in [-0.3, -0.25) is 10.1 Å². The Kier molecular flexibility index (Phi) is 5.38. The highest BCUT2D eigenvalue weighted by Crippen LogP contribution is 2.35. The zero-order valence-corrected chi connectivity index (χ0v) is 12.5. The minimum Gasteiger partial charge on any atom is -0.487 e. The van der Waals surface area contributed by atoms with Gasteiger partial charge in [-0.15, -0.1) is 0 Å². The van der Waals surface area contributed by atoms with Crippen LogP contribution in [0.1, 0.15) is 26.7 Å². The molecule has 2 rings (SSSR count). The average Bonchev–Trinajstić information content (AvgIpc) is 2.92. The molecule has 1 heterocycles. The van der Waals surface area contributed by atoms with Crippen LogP contribution in [0.2, 0.25) is 0 Å². The highest BCUT2D eigenvalue weighted by molar-refractivity contribution is 5.68. The second-order valence-corrected chi connectivity index (χ2v) is 5.09. The summed E-state index contributed by atoms with van der Waals surface area (Å²) in [5.41, 5.74) is 0.513. The molecule has 1 fully saturated rings. The molecule has 1 aliphatic rings. The smallest absolute Gasteiger partial charge is 0.333 e. The normalized spacial score (nSPS) is 21.2. The Balaban J connectivity index is 2.12. The molecule has 6 heteroatoms. The zero-order valence-electron chi connectivity index (χ0n) is 12.5. The lowest BCUT2D eigenvalue weighted by molar-refractivity contribution is -0.384. The molecule has 1 saturated heterocycles. The molecule has 2 unspecified atom stereocenters. The maximum absolute atomic E-state index is 11.3. The molecular formula is C15H22N2O4. The molecule has 0 aromatic heterocycles. The number of nitrogens with one attached hydrogen (secondary N) is 1. The largest absolute Gasteiger partial charge is 0.487 e. The van der Waals surface area contributed by atoms with E-state index in [1.54, 1.807) is 18.2 Å². The number of rotatable bonds is 7. The lowest BCUT2D eigenvalue weighted by Gasteiger charge is -2.18. The van der Waals surface area contributed by atoms with Gasteiger partial charge >= 0.3 is 5.69 Å². The fourth-order valence-corrected chi connectivity index (χ4v) is 2.74. The number of ether oxygens (including phenoxy) is 2. The summed E-state index contributed by atoms with van der Waals surface area (Å²) in [7, 11) is 0. The number of para-hydroxylation sites is 1. The second-order valence-electron chi connectivity index (χ2n) is 5.09. The van der Waals surface area contributed by atoms with Crippen LogP contribution in [0.3, 0.4) is 0 Å². The first kappa shape index (κ1) is 15.6. The molecule has 21 heavy (non-hydrogen) atoms. The molecule has 2 atom stereocenters. The number of anilines is 1. The molecule has 0 saturated carbocycles. The summed E-state index contributed by atoms with van der Waals surface area (Å²) in [6.07, 6.45) is 2.20. The summed E-state index contributed by atoms with van der Waals surface area (Å²) in [6.45, 7) is 5.76. The number of hydrogen-bond acceptors (Lipinski definition) is 5. The first-order valence-corrected chi connectivity index (χ1v) is 7.43. The molecule has 0 aliphatic carbocycles. The Labute approximate surface area is 124 Å². The van der Waals surface area contributed by atoms with E-state index >= 15 is 0 Å². The van der Waals surface area contributed by atoms with Crippen molar-refractivity contribution in [3.8, 4) is 5.75 Å². The Morgan fingerprint density at radius 2 is 2.29 bits per heavy atom. The van der Waals surface area contributed by atoms with E-state index in [0.717, 1.165) is 19.4 Å². The zero-order chi connectivity index (χ0) is 15.2. The third kappa shape index (κ3) is 3.64. The van der Waals surface area contributed by atoms with Gasteiger partial charge in [0.2, 0.25) is 0 Å². The molecule has 0 radical (unpaired) electrons. The number of benzene rings is 1. The van der Waals surface area contributed by atoms with E-state index in [1.807, 2.05) is 6.92 Å². The standard InChI is InChI=1S/C15H22N2O4/c1-3-13-11(8-9-21-13)10-16-12-6-5-7-14(20-4-2)15(12)17(18)19/h5-7,11,13,16H,3-4,8-10H2,1-2H3. The highest BCUT2D eigenvalue weighted by Gasteiger charge is 2.28. The van der Waals surface area contributed by atoms with E-state index in [0.29, 0.717) is 30.5 Å². The van der Waals surface area contributed by atoms with Gasteiger partial charge in [-0.2, -0.15) is 0 Å². The summed E-state index contributed by atoms with van der Waals surface area (Å²) in [4.78, 5) is 10.9. The van der Waals surface area contributed by atoms with Crippen LogP contribution in [0.15, 0.2) is 18.2 Å². The van der Waals surface area contributed by atoms with E-state index < -0.39 is 4.92 Å². The van der Waals surface area contributed by atoms with Gasteiger partial charge in [-0.1, -0.05) is 13.0 Å². The number of nitro groups is 1. The van der Waals surface area contributed by atoms with Crippen molar-refractivity contribution < 1.29 is 14.4 Å². The van der Waals surface area contributed by atoms with Gasteiger partial charge in [0, 0.05) is 19.1 Å². The number of hydrogen-bond donors (Lipinski definition) is 1. The van der Waals surface area contributed by atoms with Crippen LogP contribution in [-0.4, -0.2) is 30.8 Å². The fourth-order valence-electron chi connectivity index (χ4n) is 2.74. The molecule has 0 spiro atoms. The Morgan fingerprint density at radius 1 is 1.48 bits per heavy atom. The van der Waals surface area contributed by atoms with Gasteiger partial charge in [-0.25, -0.2) is 0 Å². The molecule has 0 amide bonds. The summed E-state index contributed by atoms with van der Waals surface area (Å²) in [5, 5.41) is 14.5. The summed E-state index contributed by atoms with van der Waals surface area (Å²) < 4.78 is 11.0. The summed E-state index contributed by atoms with van der Waals surface area (Å²) in [6, 6.07) is 5.11. The third-order valence-corrected chi connectivity index (χ3v) is 3.78. The Hall–Kier alpha value is -1.82. The van der Waals surface area contributed by atoms with E-state index in [1.165, 1.54) is 0 Å². The quantitative estimate of drug-likeness (QED) is 0.617. The van der Waals surface area contributed by atoms with Crippen molar-refractivity contribution in [1.29, 1.82) is 0 Å². The van der Waals surface area contributed by atoms with Crippen molar-refractivity contribution in [2.24, 2.45) is 5.92 Å². The summed E-state index contributed by atoms with van der Waals surface area (Å²) >= 11 is 0. The first-order valence-electron chi connectivity index (χ1n) is 7.43. The Bertz CT molecular complexity index is 493. The van der Waals surface area contributed by atoms with Gasteiger partial charge in [-0.05, 0) is 31.9 Å². The molecule has 1 aromatic rings. The van der Waals surface area contributed by atoms with Crippen molar-refractivity contribution >= 4 is 11.4 Å². The van der Waals surface area contributed by atoms with E-state index in [2.05, 4.69) is 12.2 Å². The maximum Gasteiger partial charge on any atom is 0.333 e. The lowest BCUT2D eigenvalue weighted by Crippen LogP contribution is -2.23. The molecule has 116 valence electrons. The van der Waals surface area contributed by atoms with Gasteiger partial charge < -0.3 is 14.8 Å². The third-order valence-electron chi connectivity index (χ3n) is 3.78. The van der Waals surface area contributed by atoms with E-state index in [9.17, 15) is 10.1 Å². The fraction of sp³-hybridized carbons (Fsp3) is 0.600. The average molecular weight is 294 g/mol. The minimum atomic E-state index is -0.393. The number of nitro benzene ring substituents is 1. The van der Waals surface area contributed by atoms with Gasteiger partial charge in [0.1, 0.15) is 5.69 Å². The van der Waals surface area contributed by atoms with Gasteiger partial charge in [0.25, 0.3) is 0 Å². The molecule has 0 bridgehead atoms. The highest BCUT2D eigenvalue weighted by atomic mass is 16.6. The van der Waals surface area contributed by atoms with Crippen molar-refractivity contribution in [2.45, 2.75) is 32.8 Å². The molecular weight excluding hydrogens is 272 g/mol. The van der Waals surface area contributed by atoms with Crippen molar-refractivity contribution in [1.82, 2.24) is 0 Å². The van der Waals surface area contributed by atoms with Gasteiger partial charge in [0.15, 0.2) is 5.75 Å². The predicted molar refractivity (Wildman–Crippen MR) is 80.9 cm³/mol. The van der Waals surface area contributed by atoms with Crippen LogP contribution in [0.25, 0.3) is 0 Å². The van der Waals surface area contributed by atoms with Crippen LogP contribution in [0.5, 0.6) is 5.75 Å². The Morgan fingerprint density at radius 3 is 2.95 bits per heavy atom. The van der Waals surface area contributed by atoms with E-state index in [-0.39, 0.29) is 11.8 Å². The molecule has 1 aromatic carbocycles. The van der Waals surface area contributed by atoms with Crippen molar-refractivity contribution in [3.63, 3.8) is 0 Å². The van der Waals surface area contributed by atoms with Crippen LogP contribution >= 0.6 is 0 Å². The topological polar surface area (TPSA) is 73.6 Å². The second kappa shape index (κ2) is 7.26. The number of nitrogens with zero attached hydrogens (tertiary/aromatic N) is 1. The van der Waals surface area contributed by atoms with Crippen molar-refractivity contribution in [2.75, 3.05) is 25.1 Å². The first-order chi connectivity index (χ1) is 10.2. The molecule has 1 N–H and O–H groups in total. The lowest BCUT2D eigenvalue weighted by atomic mass is 9.99. The van der Waals surface area contributed by atoms with Crippen LogP contribution in [0.4, 0.5) is 11.4 Å². The predicted octanol–water partition coefficient (Wildman–Crippen LogP) is 3.22. The monoisotopic (exact) mass is 294 g/mol. The van der Waals surface area contributed by atoms with Crippen molar-refractivity contribution in [3.05, 3.63) is 28.3 Å². The molecule has 6 nitrogen and oxygen atoms in total. The van der Waals surface area contributed by atoms with Gasteiger partial charge in [0.05, 0.1) is 17.6 Å². The molecule has 1 aliphatic heterocycles. The van der Waals surface area contributed by atoms with Crippen LogP contribution in [0, 0.1) is 16.0 Å². The minimum absolute atomic E-state index is 0.00585. The van der Waals surface area contributed by atoms with E-state index in [4.69, 9.17) is 9.47 Å². The SMILES string of the molecule is CCOc1cccc(NCC2CCOC2CC)c1[N+](=O)[O-]. The van der Waals surface area contributed by atoms with Crippen LogP contribution < -0.4 is 10.1 Å². The maximum atomic E-state index is 11.3. The van der Waals surface area contributed by atoms with Crippen LogP contribution in [-0.2, 0) is 4.74 Å².